The summed E-state index contributed by atoms with van der Waals surface area (Å²) in [7, 11) is 0. The maximum absolute atomic E-state index is 2.49. The van der Waals surface area contributed by atoms with E-state index in [1.54, 1.807) is 6.42 Å². The van der Waals surface area contributed by atoms with Crippen LogP contribution >= 0.6 is 0 Å². The molecule has 0 radical (unpaired) electrons. The highest BCUT2D eigenvalue weighted by molar-refractivity contribution is 4.83. The van der Waals surface area contributed by atoms with Crippen molar-refractivity contribution in [2.24, 2.45) is 23.7 Å². The zero-order chi connectivity index (χ0) is 9.26. The van der Waals surface area contributed by atoms with E-state index in [-0.39, 0.29) is 0 Å². The van der Waals surface area contributed by atoms with Crippen LogP contribution in [0.3, 0.4) is 0 Å². The van der Waals surface area contributed by atoms with Crippen molar-refractivity contribution in [1.29, 1.82) is 0 Å². The van der Waals surface area contributed by atoms with Crippen LogP contribution in [0.4, 0.5) is 0 Å². The minimum absolute atomic E-state index is 1.03. The highest BCUT2D eigenvalue weighted by Crippen LogP contribution is 2.43. The van der Waals surface area contributed by atoms with Crippen molar-refractivity contribution in [1.82, 2.24) is 0 Å². The normalized spacial score (nSPS) is 46.6. The maximum Gasteiger partial charge on any atom is -0.0360 e. The summed E-state index contributed by atoms with van der Waals surface area (Å²) in [4.78, 5) is 0. The molecular formula is C13H24. The summed E-state index contributed by atoms with van der Waals surface area (Å²) >= 11 is 0. The van der Waals surface area contributed by atoms with E-state index in [1.165, 1.54) is 38.5 Å². The average Bonchev–Trinajstić information content (AvgIpc) is 2.53. The van der Waals surface area contributed by atoms with Gasteiger partial charge in [-0.25, -0.2) is 0 Å². The van der Waals surface area contributed by atoms with Crippen LogP contribution in [-0.2, 0) is 0 Å². The van der Waals surface area contributed by atoms with Crippen molar-refractivity contribution >= 4 is 0 Å². The van der Waals surface area contributed by atoms with Gasteiger partial charge in [0.05, 0.1) is 0 Å². The van der Waals surface area contributed by atoms with E-state index in [2.05, 4.69) is 13.8 Å². The highest BCUT2D eigenvalue weighted by Gasteiger charge is 2.32. The number of rotatable bonds is 1. The molecule has 0 N–H and O–H groups in total. The zero-order valence-corrected chi connectivity index (χ0v) is 9.26. The fourth-order valence-electron chi connectivity index (χ4n) is 3.69. The smallest absolute Gasteiger partial charge is 0.0360 e. The summed E-state index contributed by atoms with van der Waals surface area (Å²) < 4.78 is 0. The van der Waals surface area contributed by atoms with Crippen LogP contribution in [0.5, 0.6) is 0 Å². The molecule has 0 amide bonds. The topological polar surface area (TPSA) is 0 Å². The van der Waals surface area contributed by atoms with Gasteiger partial charge in [-0.1, -0.05) is 39.5 Å². The Hall–Kier alpha value is 0. The van der Waals surface area contributed by atoms with Crippen LogP contribution in [-0.4, -0.2) is 0 Å². The second-order valence-electron chi connectivity index (χ2n) is 5.60. The lowest BCUT2D eigenvalue weighted by Crippen LogP contribution is -2.23. The van der Waals surface area contributed by atoms with E-state index in [0.717, 1.165) is 23.7 Å². The molecular weight excluding hydrogens is 156 g/mol. The molecule has 76 valence electrons. The van der Waals surface area contributed by atoms with Crippen molar-refractivity contribution in [3.63, 3.8) is 0 Å². The zero-order valence-electron chi connectivity index (χ0n) is 9.26. The second-order valence-corrected chi connectivity index (χ2v) is 5.60. The minimum atomic E-state index is 1.03. The monoisotopic (exact) mass is 180 g/mol. The third-order valence-electron chi connectivity index (χ3n) is 4.52. The second kappa shape index (κ2) is 4.02. The first-order valence-corrected chi connectivity index (χ1v) is 6.27. The summed E-state index contributed by atoms with van der Waals surface area (Å²) in [5.41, 5.74) is 0. The summed E-state index contributed by atoms with van der Waals surface area (Å²) in [6.07, 6.45) is 10.6. The van der Waals surface area contributed by atoms with Crippen LogP contribution in [0.15, 0.2) is 0 Å². The van der Waals surface area contributed by atoms with Crippen molar-refractivity contribution in [3.8, 4) is 0 Å². The van der Waals surface area contributed by atoms with E-state index >= 15 is 0 Å². The van der Waals surface area contributed by atoms with Gasteiger partial charge in [-0.2, -0.15) is 0 Å². The van der Waals surface area contributed by atoms with E-state index < -0.39 is 0 Å². The van der Waals surface area contributed by atoms with Gasteiger partial charge < -0.3 is 0 Å². The third kappa shape index (κ3) is 2.08. The molecule has 4 atom stereocenters. The molecule has 2 rings (SSSR count). The lowest BCUT2D eigenvalue weighted by Gasteiger charge is -2.33. The van der Waals surface area contributed by atoms with E-state index in [1.807, 2.05) is 0 Å². The molecule has 0 aromatic carbocycles. The van der Waals surface area contributed by atoms with Crippen molar-refractivity contribution in [3.05, 3.63) is 0 Å². The summed E-state index contributed by atoms with van der Waals surface area (Å²) in [6, 6.07) is 0. The molecule has 2 aliphatic rings. The van der Waals surface area contributed by atoms with Gasteiger partial charge in [-0.15, -0.1) is 0 Å². The Labute approximate surface area is 83.1 Å². The van der Waals surface area contributed by atoms with Crippen LogP contribution < -0.4 is 0 Å². The molecule has 4 unspecified atom stereocenters. The Morgan fingerprint density at radius 1 is 0.846 bits per heavy atom. The molecule has 0 bridgehead atoms. The Morgan fingerprint density at radius 3 is 2.23 bits per heavy atom. The molecule has 2 saturated carbocycles. The van der Waals surface area contributed by atoms with Crippen molar-refractivity contribution in [2.45, 2.75) is 58.8 Å². The summed E-state index contributed by atoms with van der Waals surface area (Å²) in [5.74, 6) is 4.26. The molecule has 2 aliphatic carbocycles. The van der Waals surface area contributed by atoms with Crippen LogP contribution in [0, 0.1) is 23.7 Å². The van der Waals surface area contributed by atoms with E-state index in [4.69, 9.17) is 0 Å². The predicted molar refractivity (Wildman–Crippen MR) is 57.6 cm³/mol. The lowest BCUT2D eigenvalue weighted by atomic mass is 9.72. The highest BCUT2D eigenvalue weighted by atomic mass is 14.4. The average molecular weight is 180 g/mol. The summed E-state index contributed by atoms with van der Waals surface area (Å²) in [5, 5.41) is 0. The predicted octanol–water partition coefficient (Wildman–Crippen LogP) is 4.25. The molecule has 0 saturated heterocycles. The van der Waals surface area contributed by atoms with Crippen molar-refractivity contribution in [2.75, 3.05) is 0 Å². The molecule has 2 fully saturated rings. The van der Waals surface area contributed by atoms with Gasteiger partial charge in [0.1, 0.15) is 0 Å². The Morgan fingerprint density at radius 2 is 1.62 bits per heavy atom. The Kier molecular flexibility index (Phi) is 2.96. The fourth-order valence-corrected chi connectivity index (χ4v) is 3.69. The van der Waals surface area contributed by atoms with Gasteiger partial charge in [-0.3, -0.25) is 0 Å². The number of hydrogen-bond acceptors (Lipinski definition) is 0. The molecule has 0 heterocycles. The van der Waals surface area contributed by atoms with Gasteiger partial charge in [-0.05, 0) is 42.9 Å². The van der Waals surface area contributed by atoms with Crippen LogP contribution in [0.25, 0.3) is 0 Å². The minimum Gasteiger partial charge on any atom is -0.0625 e. The standard InChI is InChI=1S/C13H24/c1-10-7-8-12(9-10)13-6-4-3-5-11(13)2/h10-13H,3-9H2,1-2H3. The van der Waals surface area contributed by atoms with Gasteiger partial charge in [0.2, 0.25) is 0 Å². The van der Waals surface area contributed by atoms with Crippen LogP contribution in [0.2, 0.25) is 0 Å². The quantitative estimate of drug-likeness (QED) is 0.566. The molecule has 0 spiro atoms. The van der Waals surface area contributed by atoms with Crippen molar-refractivity contribution < 1.29 is 0 Å². The molecule has 0 aromatic rings. The van der Waals surface area contributed by atoms with Gasteiger partial charge in [0, 0.05) is 0 Å². The lowest BCUT2D eigenvalue weighted by molar-refractivity contribution is 0.174. The maximum atomic E-state index is 2.49. The van der Waals surface area contributed by atoms with Crippen LogP contribution in [0.1, 0.15) is 58.8 Å². The molecule has 13 heavy (non-hydrogen) atoms. The number of hydrogen-bond donors (Lipinski definition) is 0. The first-order valence-electron chi connectivity index (χ1n) is 6.27. The molecule has 0 heteroatoms. The SMILES string of the molecule is CC1CCC(C2CCCCC2C)C1. The first kappa shape index (κ1) is 9.55. The molecule has 0 aromatic heterocycles. The third-order valence-corrected chi connectivity index (χ3v) is 4.52. The Balaban J connectivity index is 1.91. The fraction of sp³-hybridized carbons (Fsp3) is 1.00. The first-order chi connectivity index (χ1) is 6.27. The molecule has 0 nitrogen and oxygen atoms in total. The molecule has 0 aliphatic heterocycles. The van der Waals surface area contributed by atoms with Gasteiger partial charge in [0.25, 0.3) is 0 Å². The van der Waals surface area contributed by atoms with Gasteiger partial charge in [0.15, 0.2) is 0 Å². The van der Waals surface area contributed by atoms with E-state index in [9.17, 15) is 0 Å². The largest absolute Gasteiger partial charge is 0.0625 e. The summed E-state index contributed by atoms with van der Waals surface area (Å²) in [6.45, 7) is 4.93. The van der Waals surface area contributed by atoms with E-state index in [0.29, 0.717) is 0 Å². The Bertz CT molecular complexity index is 161. The van der Waals surface area contributed by atoms with Gasteiger partial charge >= 0.3 is 0 Å².